The van der Waals surface area contributed by atoms with Gasteiger partial charge in [0.1, 0.15) is 5.82 Å². The van der Waals surface area contributed by atoms with E-state index in [4.69, 9.17) is 11.6 Å². The number of fused-ring (bicyclic) bond motifs is 1. The van der Waals surface area contributed by atoms with Crippen molar-refractivity contribution in [2.75, 3.05) is 0 Å². The van der Waals surface area contributed by atoms with Crippen LogP contribution in [0.4, 0.5) is 4.39 Å². The van der Waals surface area contributed by atoms with E-state index >= 15 is 0 Å². The lowest BCUT2D eigenvalue weighted by atomic mass is 10.00. The van der Waals surface area contributed by atoms with Crippen LogP contribution in [0.15, 0.2) is 54.7 Å². The van der Waals surface area contributed by atoms with Crippen LogP contribution in [-0.4, -0.2) is 10.8 Å². The molecule has 2 aromatic carbocycles. The number of para-hydroxylation sites is 1. The van der Waals surface area contributed by atoms with Gasteiger partial charge in [0.15, 0.2) is 5.78 Å². The largest absolute Gasteiger partial charge is 0.294 e. The molecule has 0 N–H and O–H groups in total. The number of halogens is 2. The van der Waals surface area contributed by atoms with Crippen molar-refractivity contribution >= 4 is 28.3 Å². The van der Waals surface area contributed by atoms with Crippen LogP contribution in [0.25, 0.3) is 10.9 Å². The molecule has 0 fully saturated rings. The molecule has 0 radical (unpaired) electrons. The van der Waals surface area contributed by atoms with Crippen LogP contribution in [0, 0.1) is 5.82 Å². The maximum Gasteiger partial charge on any atom is 0.168 e. The number of hydrogen-bond acceptors (Lipinski definition) is 2. The minimum atomic E-state index is -0.453. The number of pyridine rings is 1. The van der Waals surface area contributed by atoms with Gasteiger partial charge in [0, 0.05) is 23.6 Å². The molecule has 0 saturated heterocycles. The molecule has 2 nitrogen and oxygen atoms in total. The Morgan fingerprint density at radius 1 is 1.14 bits per heavy atom. The fourth-order valence-corrected chi connectivity index (χ4v) is 2.57. The van der Waals surface area contributed by atoms with Gasteiger partial charge in [0.05, 0.1) is 10.5 Å². The lowest BCUT2D eigenvalue weighted by Gasteiger charge is -2.07. The van der Waals surface area contributed by atoms with E-state index in [0.29, 0.717) is 5.56 Å². The van der Waals surface area contributed by atoms with E-state index in [1.807, 2.05) is 30.3 Å². The highest BCUT2D eigenvalue weighted by Crippen LogP contribution is 2.22. The molecule has 0 aliphatic rings. The molecule has 0 aliphatic heterocycles. The van der Waals surface area contributed by atoms with E-state index in [2.05, 4.69) is 4.98 Å². The number of Topliss-reactive ketones (excluding diaryl/α,β-unsaturated/α-hetero) is 1. The molecule has 1 heterocycles. The average molecular weight is 300 g/mol. The zero-order valence-corrected chi connectivity index (χ0v) is 11.8. The molecule has 3 aromatic rings. The molecule has 0 bridgehead atoms. The Balaban J connectivity index is 1.97. The zero-order chi connectivity index (χ0) is 14.8. The monoisotopic (exact) mass is 299 g/mol. The second kappa shape index (κ2) is 5.62. The topological polar surface area (TPSA) is 30.0 Å². The van der Waals surface area contributed by atoms with E-state index in [0.717, 1.165) is 22.5 Å². The summed E-state index contributed by atoms with van der Waals surface area (Å²) in [6, 6.07) is 13.3. The lowest BCUT2D eigenvalue weighted by Crippen LogP contribution is -2.05. The minimum Gasteiger partial charge on any atom is -0.294 e. The molecule has 0 atom stereocenters. The molecule has 1 aromatic heterocycles. The first-order valence-electron chi connectivity index (χ1n) is 6.46. The first kappa shape index (κ1) is 13.7. The van der Waals surface area contributed by atoms with Gasteiger partial charge >= 0.3 is 0 Å². The summed E-state index contributed by atoms with van der Waals surface area (Å²) in [6.45, 7) is 0. The Morgan fingerprint density at radius 2 is 1.95 bits per heavy atom. The molecule has 4 heteroatoms. The number of hydrogen-bond donors (Lipinski definition) is 0. The quantitative estimate of drug-likeness (QED) is 0.669. The highest BCUT2D eigenvalue weighted by Gasteiger charge is 2.13. The number of nitrogens with zero attached hydrogens (tertiary/aromatic N) is 1. The summed E-state index contributed by atoms with van der Waals surface area (Å²) in [6.07, 6.45) is 1.88. The maximum absolute atomic E-state index is 13.0. The summed E-state index contributed by atoms with van der Waals surface area (Å²) in [7, 11) is 0. The molecule has 0 unspecified atom stereocenters. The Hall–Kier alpha value is -2.26. The third kappa shape index (κ3) is 2.78. The summed E-state index contributed by atoms with van der Waals surface area (Å²) in [5, 5.41) is 1.07. The highest BCUT2D eigenvalue weighted by atomic mass is 35.5. The molecule has 0 spiro atoms. The number of ketones is 1. The first-order chi connectivity index (χ1) is 10.1. The molecule has 0 aliphatic carbocycles. The molecular formula is C17H11ClFNO. The fourth-order valence-electron chi connectivity index (χ4n) is 2.29. The van der Waals surface area contributed by atoms with Gasteiger partial charge in [0.2, 0.25) is 0 Å². The summed E-state index contributed by atoms with van der Waals surface area (Å²) in [5.41, 5.74) is 2.05. The standard InChI is InChI=1S/C17H11ClFNO/c18-15-10-12(19)5-6-14(15)17(21)9-11-7-8-20-16-4-2-1-3-13(11)16/h1-8,10H,9H2. The van der Waals surface area contributed by atoms with Gasteiger partial charge in [0.25, 0.3) is 0 Å². The van der Waals surface area contributed by atoms with Crippen molar-refractivity contribution in [1.29, 1.82) is 0 Å². The molecule has 104 valence electrons. The summed E-state index contributed by atoms with van der Waals surface area (Å²) in [5.74, 6) is -0.595. The van der Waals surface area contributed by atoms with Crippen LogP contribution in [0.5, 0.6) is 0 Å². The van der Waals surface area contributed by atoms with Gasteiger partial charge in [-0.15, -0.1) is 0 Å². The Morgan fingerprint density at radius 3 is 2.76 bits per heavy atom. The summed E-state index contributed by atoms with van der Waals surface area (Å²) >= 11 is 5.94. The van der Waals surface area contributed by atoms with Crippen LogP contribution in [0.3, 0.4) is 0 Å². The minimum absolute atomic E-state index is 0.137. The number of aromatic nitrogens is 1. The van der Waals surface area contributed by atoms with E-state index < -0.39 is 5.82 Å². The van der Waals surface area contributed by atoms with Gasteiger partial charge < -0.3 is 0 Å². The number of rotatable bonds is 3. The average Bonchev–Trinajstić information content (AvgIpc) is 2.47. The van der Waals surface area contributed by atoms with Crippen LogP contribution < -0.4 is 0 Å². The SMILES string of the molecule is O=C(Cc1ccnc2ccccc12)c1ccc(F)cc1Cl. The second-order valence-corrected chi connectivity index (χ2v) is 5.12. The van der Waals surface area contributed by atoms with E-state index in [1.54, 1.807) is 6.20 Å². The van der Waals surface area contributed by atoms with Gasteiger partial charge in [-0.25, -0.2) is 4.39 Å². The van der Waals surface area contributed by atoms with Crippen LogP contribution in [0.1, 0.15) is 15.9 Å². The van der Waals surface area contributed by atoms with Crippen molar-refractivity contribution in [3.8, 4) is 0 Å². The zero-order valence-electron chi connectivity index (χ0n) is 11.0. The van der Waals surface area contributed by atoms with Crippen molar-refractivity contribution in [2.24, 2.45) is 0 Å². The molecule has 21 heavy (non-hydrogen) atoms. The Labute approximate surface area is 126 Å². The normalized spacial score (nSPS) is 10.8. The van der Waals surface area contributed by atoms with E-state index in [9.17, 15) is 9.18 Å². The van der Waals surface area contributed by atoms with Gasteiger partial charge in [-0.2, -0.15) is 0 Å². The fraction of sp³-hybridized carbons (Fsp3) is 0.0588. The smallest absolute Gasteiger partial charge is 0.168 e. The first-order valence-corrected chi connectivity index (χ1v) is 6.84. The Kier molecular flexibility index (Phi) is 3.67. The van der Waals surface area contributed by atoms with Gasteiger partial charge in [-0.05, 0) is 35.9 Å². The van der Waals surface area contributed by atoms with E-state index in [1.165, 1.54) is 12.1 Å². The summed E-state index contributed by atoms with van der Waals surface area (Å²) in [4.78, 5) is 16.6. The van der Waals surface area contributed by atoms with Crippen LogP contribution >= 0.6 is 11.6 Å². The van der Waals surface area contributed by atoms with Crippen molar-refractivity contribution in [3.05, 3.63) is 76.7 Å². The van der Waals surface area contributed by atoms with Gasteiger partial charge in [-0.3, -0.25) is 9.78 Å². The Bertz CT molecular complexity index is 827. The maximum atomic E-state index is 13.0. The van der Waals surface area contributed by atoms with Crippen molar-refractivity contribution in [2.45, 2.75) is 6.42 Å². The van der Waals surface area contributed by atoms with Crippen LogP contribution in [-0.2, 0) is 6.42 Å². The van der Waals surface area contributed by atoms with Crippen molar-refractivity contribution < 1.29 is 9.18 Å². The lowest BCUT2D eigenvalue weighted by molar-refractivity contribution is 0.0993. The molecule has 3 rings (SSSR count). The predicted octanol–water partition coefficient (Wildman–Crippen LogP) is 4.45. The van der Waals surface area contributed by atoms with Gasteiger partial charge in [-0.1, -0.05) is 29.8 Å². The van der Waals surface area contributed by atoms with Crippen LogP contribution in [0.2, 0.25) is 5.02 Å². The molecule has 0 saturated carbocycles. The second-order valence-electron chi connectivity index (χ2n) is 4.71. The number of benzene rings is 2. The van der Waals surface area contributed by atoms with Crippen molar-refractivity contribution in [3.63, 3.8) is 0 Å². The third-order valence-corrected chi connectivity index (χ3v) is 3.63. The number of carbonyl (C=O) groups excluding carboxylic acids is 1. The molecular weight excluding hydrogens is 289 g/mol. The summed E-state index contributed by atoms with van der Waals surface area (Å²) < 4.78 is 13.0. The number of carbonyl (C=O) groups is 1. The highest BCUT2D eigenvalue weighted by molar-refractivity contribution is 6.34. The third-order valence-electron chi connectivity index (χ3n) is 3.32. The molecule has 0 amide bonds. The predicted molar refractivity (Wildman–Crippen MR) is 81.2 cm³/mol. The van der Waals surface area contributed by atoms with Crippen molar-refractivity contribution in [1.82, 2.24) is 4.98 Å². The van der Waals surface area contributed by atoms with E-state index in [-0.39, 0.29) is 17.2 Å².